The Morgan fingerprint density at radius 1 is 1.13 bits per heavy atom. The van der Waals surface area contributed by atoms with Gasteiger partial charge in [-0.15, -0.1) is 0 Å². The quantitative estimate of drug-likeness (QED) is 0.505. The molecule has 4 heterocycles. The van der Waals surface area contributed by atoms with E-state index in [0.717, 1.165) is 47.2 Å². The second kappa shape index (κ2) is 7.84. The normalized spacial score (nSPS) is 15.7. The molecule has 1 atom stereocenters. The van der Waals surface area contributed by atoms with Crippen molar-refractivity contribution in [2.24, 2.45) is 0 Å². The first kappa shape index (κ1) is 18.7. The fraction of sp³-hybridized carbons (Fsp3) is 0.227. The van der Waals surface area contributed by atoms with Crippen molar-refractivity contribution in [3.63, 3.8) is 0 Å². The number of aromatic nitrogens is 4. The number of hydrogen-bond donors (Lipinski definition) is 2. The van der Waals surface area contributed by atoms with Crippen LogP contribution in [0.5, 0.6) is 5.88 Å². The number of aryl methyl sites for hydroxylation is 1. The van der Waals surface area contributed by atoms with Crippen LogP contribution in [0.4, 0.5) is 11.5 Å². The summed E-state index contributed by atoms with van der Waals surface area (Å²) in [6.07, 6.45) is 9.05. The van der Waals surface area contributed by atoms with Crippen LogP contribution in [0.15, 0.2) is 55.1 Å². The van der Waals surface area contributed by atoms with Crippen molar-refractivity contribution in [3.05, 3.63) is 71.5 Å². The van der Waals surface area contributed by atoms with Gasteiger partial charge in [0.2, 0.25) is 5.88 Å². The summed E-state index contributed by atoms with van der Waals surface area (Å²) in [5, 5.41) is 5.73. The number of hydrogen-bond acceptors (Lipinski definition) is 6. The first-order chi connectivity index (χ1) is 14.7. The molecule has 3 aromatic heterocycles. The van der Waals surface area contributed by atoms with E-state index in [9.17, 15) is 0 Å². The van der Waals surface area contributed by atoms with Gasteiger partial charge in [0.25, 0.3) is 0 Å². The fourth-order valence-corrected chi connectivity index (χ4v) is 3.97. The van der Waals surface area contributed by atoms with Crippen LogP contribution in [-0.2, 0) is 19.5 Å². The molecule has 30 heavy (non-hydrogen) atoms. The average Bonchev–Trinajstić information content (AvgIpc) is 3.23. The third kappa shape index (κ3) is 3.76. The van der Waals surface area contributed by atoms with E-state index in [-0.39, 0.29) is 6.10 Å². The summed E-state index contributed by atoms with van der Waals surface area (Å²) in [5.74, 6) is 2.18. The Morgan fingerprint density at radius 3 is 3.00 bits per heavy atom. The SMILES string of the molecule is Nc1ncc(Cl)c2cc(NCc3ccnc(OC4CCn5ccnc5C4)c3)ccc12. The van der Waals surface area contributed by atoms with Crippen LogP contribution in [-0.4, -0.2) is 25.6 Å². The zero-order valence-corrected chi connectivity index (χ0v) is 17.0. The molecule has 1 aromatic carbocycles. The Kier molecular flexibility index (Phi) is 4.88. The molecule has 0 bridgehead atoms. The summed E-state index contributed by atoms with van der Waals surface area (Å²) in [4.78, 5) is 12.9. The van der Waals surface area contributed by atoms with E-state index in [1.54, 1.807) is 12.4 Å². The number of rotatable bonds is 5. The van der Waals surface area contributed by atoms with Crippen LogP contribution < -0.4 is 15.8 Å². The first-order valence-corrected chi connectivity index (χ1v) is 10.2. The topological polar surface area (TPSA) is 90.9 Å². The van der Waals surface area contributed by atoms with Gasteiger partial charge in [0, 0.05) is 73.2 Å². The number of benzene rings is 1. The average molecular weight is 421 g/mol. The van der Waals surface area contributed by atoms with Crippen molar-refractivity contribution in [1.82, 2.24) is 19.5 Å². The predicted molar refractivity (Wildman–Crippen MR) is 118 cm³/mol. The molecule has 1 unspecified atom stereocenters. The van der Waals surface area contributed by atoms with E-state index in [1.165, 1.54) is 0 Å². The molecule has 152 valence electrons. The molecule has 0 spiro atoms. The highest BCUT2D eigenvalue weighted by atomic mass is 35.5. The van der Waals surface area contributed by atoms with E-state index in [2.05, 4.69) is 24.8 Å². The number of pyridine rings is 2. The number of nitrogen functional groups attached to an aromatic ring is 1. The van der Waals surface area contributed by atoms with Gasteiger partial charge in [-0.1, -0.05) is 11.6 Å². The minimum atomic E-state index is 0.0947. The summed E-state index contributed by atoms with van der Waals surface area (Å²) in [6.45, 7) is 1.56. The highest BCUT2D eigenvalue weighted by Gasteiger charge is 2.21. The zero-order valence-electron chi connectivity index (χ0n) is 16.3. The van der Waals surface area contributed by atoms with Crippen LogP contribution in [0.2, 0.25) is 5.02 Å². The second-order valence-corrected chi connectivity index (χ2v) is 7.78. The van der Waals surface area contributed by atoms with E-state index < -0.39 is 0 Å². The van der Waals surface area contributed by atoms with Gasteiger partial charge < -0.3 is 20.4 Å². The number of imidazole rings is 1. The van der Waals surface area contributed by atoms with Gasteiger partial charge >= 0.3 is 0 Å². The molecular weight excluding hydrogens is 400 g/mol. The smallest absolute Gasteiger partial charge is 0.213 e. The largest absolute Gasteiger partial charge is 0.474 e. The molecule has 4 aromatic rings. The molecule has 3 N–H and O–H groups in total. The molecular formula is C22H21ClN6O. The van der Waals surface area contributed by atoms with Gasteiger partial charge in [0.15, 0.2) is 0 Å². The van der Waals surface area contributed by atoms with Gasteiger partial charge in [-0.25, -0.2) is 15.0 Å². The lowest BCUT2D eigenvalue weighted by molar-refractivity contribution is 0.160. The maximum absolute atomic E-state index is 6.28. The Labute approximate surface area is 178 Å². The highest BCUT2D eigenvalue weighted by Crippen LogP contribution is 2.29. The van der Waals surface area contributed by atoms with Crippen molar-refractivity contribution < 1.29 is 4.74 Å². The van der Waals surface area contributed by atoms with Gasteiger partial charge in [-0.3, -0.25) is 0 Å². The Bertz CT molecular complexity index is 1210. The molecule has 0 saturated heterocycles. The summed E-state index contributed by atoms with van der Waals surface area (Å²) in [6, 6.07) is 9.84. The van der Waals surface area contributed by atoms with Gasteiger partial charge in [0.1, 0.15) is 17.7 Å². The summed E-state index contributed by atoms with van der Waals surface area (Å²) in [5.41, 5.74) is 7.97. The minimum absolute atomic E-state index is 0.0947. The molecule has 0 saturated carbocycles. The Balaban J connectivity index is 1.26. The molecule has 7 nitrogen and oxygen atoms in total. The molecule has 0 fully saturated rings. The van der Waals surface area contributed by atoms with Crippen molar-refractivity contribution in [1.29, 1.82) is 0 Å². The number of nitrogens with zero attached hydrogens (tertiary/aromatic N) is 4. The van der Waals surface area contributed by atoms with Crippen molar-refractivity contribution in [2.45, 2.75) is 32.0 Å². The first-order valence-electron chi connectivity index (χ1n) is 9.85. The number of ether oxygens (including phenoxy) is 1. The van der Waals surface area contributed by atoms with Crippen LogP contribution in [0.3, 0.4) is 0 Å². The van der Waals surface area contributed by atoms with E-state index in [4.69, 9.17) is 22.1 Å². The maximum atomic E-state index is 6.28. The lowest BCUT2D eigenvalue weighted by Gasteiger charge is -2.24. The highest BCUT2D eigenvalue weighted by molar-refractivity contribution is 6.35. The molecule has 1 aliphatic rings. The third-order valence-electron chi connectivity index (χ3n) is 5.36. The van der Waals surface area contributed by atoms with Crippen LogP contribution in [0, 0.1) is 0 Å². The monoisotopic (exact) mass is 420 g/mol. The summed E-state index contributed by atoms with van der Waals surface area (Å²) in [7, 11) is 0. The van der Waals surface area contributed by atoms with Gasteiger partial charge in [0.05, 0.1) is 5.02 Å². The number of halogens is 1. The molecule has 8 heteroatoms. The number of anilines is 2. The molecule has 1 aliphatic heterocycles. The third-order valence-corrected chi connectivity index (χ3v) is 5.66. The molecule has 0 radical (unpaired) electrons. The number of fused-ring (bicyclic) bond motifs is 2. The van der Waals surface area contributed by atoms with Crippen molar-refractivity contribution in [3.8, 4) is 5.88 Å². The van der Waals surface area contributed by atoms with Gasteiger partial charge in [-0.2, -0.15) is 0 Å². The van der Waals surface area contributed by atoms with E-state index >= 15 is 0 Å². The van der Waals surface area contributed by atoms with E-state index in [1.807, 2.05) is 42.7 Å². The van der Waals surface area contributed by atoms with E-state index in [0.29, 0.717) is 23.3 Å². The zero-order chi connectivity index (χ0) is 20.5. The summed E-state index contributed by atoms with van der Waals surface area (Å²) >= 11 is 6.28. The fourth-order valence-electron chi connectivity index (χ4n) is 3.76. The lowest BCUT2D eigenvalue weighted by atomic mass is 10.1. The lowest BCUT2D eigenvalue weighted by Crippen LogP contribution is -2.28. The van der Waals surface area contributed by atoms with Gasteiger partial charge in [-0.05, 0) is 29.8 Å². The minimum Gasteiger partial charge on any atom is -0.474 e. The van der Waals surface area contributed by atoms with Crippen LogP contribution in [0.1, 0.15) is 17.8 Å². The number of nitrogens with one attached hydrogen (secondary N) is 1. The molecule has 0 amide bonds. The second-order valence-electron chi connectivity index (χ2n) is 7.38. The standard InChI is InChI=1S/C22H21ClN6O/c23-19-13-28-22(24)17-2-1-15(10-18(17)19)27-12-14-3-5-26-21(9-14)30-16-4-7-29-8-6-25-20(29)11-16/h1-3,5-6,8-10,13,16,27H,4,7,11-12H2,(H2,24,28). The van der Waals surface area contributed by atoms with Crippen LogP contribution in [0.25, 0.3) is 10.8 Å². The molecule has 5 rings (SSSR count). The number of nitrogens with two attached hydrogens (primary N) is 1. The predicted octanol–water partition coefficient (Wildman–Crippen LogP) is 4.07. The van der Waals surface area contributed by atoms with Crippen molar-refractivity contribution in [2.75, 3.05) is 11.1 Å². The Hall–Kier alpha value is -3.32. The Morgan fingerprint density at radius 2 is 2.07 bits per heavy atom. The van der Waals surface area contributed by atoms with Crippen molar-refractivity contribution >= 4 is 33.9 Å². The van der Waals surface area contributed by atoms with Crippen LogP contribution >= 0.6 is 11.6 Å². The maximum Gasteiger partial charge on any atom is 0.213 e. The summed E-state index contributed by atoms with van der Waals surface area (Å²) < 4.78 is 8.30. The molecule has 0 aliphatic carbocycles.